The molecule has 0 saturated carbocycles. The molecule has 0 N–H and O–H groups in total. The number of aldehydes is 1. The Morgan fingerprint density at radius 2 is 2.42 bits per heavy atom. The maximum Gasteiger partial charge on any atom is 0.120 e. The topological polar surface area (TPSA) is 34.9 Å². The first-order valence-corrected chi connectivity index (χ1v) is 4.17. The molecule has 0 aliphatic heterocycles. The summed E-state index contributed by atoms with van der Waals surface area (Å²) in [6, 6.07) is 0. The zero-order valence-corrected chi connectivity index (χ0v) is 7.58. The van der Waals surface area contributed by atoms with Gasteiger partial charge in [0.1, 0.15) is 6.29 Å². The molecule has 1 aromatic rings. The van der Waals surface area contributed by atoms with E-state index >= 15 is 0 Å². The first-order chi connectivity index (χ1) is 5.75. The van der Waals surface area contributed by atoms with E-state index in [1.165, 1.54) is 11.3 Å². The quantitative estimate of drug-likeness (QED) is 0.498. The molecule has 3 heteroatoms. The highest BCUT2D eigenvalue weighted by molar-refractivity contribution is 5.49. The van der Waals surface area contributed by atoms with Gasteiger partial charge < -0.3 is 4.79 Å². The van der Waals surface area contributed by atoms with Gasteiger partial charge in [0.05, 0.1) is 6.20 Å². The Bertz CT molecular complexity index is 246. The maximum absolute atomic E-state index is 10.1. The predicted molar refractivity (Wildman–Crippen MR) is 46.9 cm³/mol. The van der Waals surface area contributed by atoms with Crippen LogP contribution in [0.4, 0.5) is 0 Å². The summed E-state index contributed by atoms with van der Waals surface area (Å²) in [5, 5.41) is 4.12. The minimum Gasteiger partial charge on any atom is -0.303 e. The number of aryl methyl sites for hydroxylation is 2. The average Bonchev–Trinajstić information content (AvgIpc) is 2.35. The number of hydrogen-bond donors (Lipinski definition) is 0. The summed E-state index contributed by atoms with van der Waals surface area (Å²) in [5.74, 6) is 0. The third-order valence-electron chi connectivity index (χ3n) is 2.01. The van der Waals surface area contributed by atoms with Crippen LogP contribution in [-0.4, -0.2) is 16.1 Å². The summed E-state index contributed by atoms with van der Waals surface area (Å²) in [4.78, 5) is 10.1. The summed E-state index contributed by atoms with van der Waals surface area (Å²) < 4.78 is 1.88. The summed E-state index contributed by atoms with van der Waals surface area (Å²) in [6.07, 6.45) is 5.33. The van der Waals surface area contributed by atoms with E-state index in [1.807, 2.05) is 24.9 Å². The lowest BCUT2D eigenvalue weighted by Crippen LogP contribution is -1.99. The zero-order chi connectivity index (χ0) is 8.97. The van der Waals surface area contributed by atoms with Crippen LogP contribution >= 0.6 is 0 Å². The van der Waals surface area contributed by atoms with Crippen LogP contribution in [0.5, 0.6) is 0 Å². The summed E-state index contributed by atoms with van der Waals surface area (Å²) in [7, 11) is 1.93. The van der Waals surface area contributed by atoms with Gasteiger partial charge in [-0.2, -0.15) is 5.10 Å². The van der Waals surface area contributed by atoms with Crippen molar-refractivity contribution >= 4 is 6.29 Å². The lowest BCUT2D eigenvalue weighted by atomic mass is 10.1. The fourth-order valence-electron chi connectivity index (χ4n) is 1.28. The van der Waals surface area contributed by atoms with Crippen molar-refractivity contribution < 1.29 is 4.79 Å². The molecular weight excluding hydrogens is 152 g/mol. The van der Waals surface area contributed by atoms with Crippen LogP contribution in [0.2, 0.25) is 0 Å². The standard InChI is InChI=1S/C9H14N2O/c1-8-7-10-11(2)9(8)5-3-4-6-12/h6-7H,3-5H2,1-2H3. The number of nitrogens with zero attached hydrogens (tertiary/aromatic N) is 2. The second-order valence-electron chi connectivity index (χ2n) is 2.96. The molecule has 0 bridgehead atoms. The minimum absolute atomic E-state index is 0.643. The Labute approximate surface area is 72.4 Å². The van der Waals surface area contributed by atoms with Gasteiger partial charge in [0.25, 0.3) is 0 Å². The Kier molecular flexibility index (Phi) is 3.02. The van der Waals surface area contributed by atoms with Crippen LogP contribution in [0.3, 0.4) is 0 Å². The third kappa shape index (κ3) is 1.94. The summed E-state index contributed by atoms with van der Waals surface area (Å²) >= 11 is 0. The van der Waals surface area contributed by atoms with Crippen LogP contribution in [-0.2, 0) is 18.3 Å². The van der Waals surface area contributed by atoms with Crippen molar-refractivity contribution in [3.8, 4) is 0 Å². The van der Waals surface area contributed by atoms with Gasteiger partial charge in [0.2, 0.25) is 0 Å². The SMILES string of the molecule is Cc1cnn(C)c1CCCC=O. The third-order valence-corrected chi connectivity index (χ3v) is 2.01. The van der Waals surface area contributed by atoms with Crippen molar-refractivity contribution in [2.75, 3.05) is 0 Å². The largest absolute Gasteiger partial charge is 0.303 e. The smallest absolute Gasteiger partial charge is 0.120 e. The second-order valence-corrected chi connectivity index (χ2v) is 2.96. The second kappa shape index (κ2) is 4.04. The first-order valence-electron chi connectivity index (χ1n) is 4.17. The van der Waals surface area contributed by atoms with Crippen molar-refractivity contribution in [2.24, 2.45) is 7.05 Å². The molecule has 0 amide bonds. The van der Waals surface area contributed by atoms with Gasteiger partial charge in [-0.3, -0.25) is 4.68 Å². The van der Waals surface area contributed by atoms with Gasteiger partial charge >= 0.3 is 0 Å². The van der Waals surface area contributed by atoms with E-state index in [0.29, 0.717) is 6.42 Å². The Morgan fingerprint density at radius 1 is 1.67 bits per heavy atom. The molecule has 3 nitrogen and oxygen atoms in total. The number of carbonyl (C=O) groups is 1. The molecule has 1 heterocycles. The van der Waals surface area contributed by atoms with Gasteiger partial charge in [0, 0.05) is 19.2 Å². The van der Waals surface area contributed by atoms with E-state index < -0.39 is 0 Å². The van der Waals surface area contributed by atoms with Crippen molar-refractivity contribution in [3.63, 3.8) is 0 Å². The van der Waals surface area contributed by atoms with Gasteiger partial charge in [-0.25, -0.2) is 0 Å². The monoisotopic (exact) mass is 166 g/mol. The Morgan fingerprint density at radius 3 is 2.92 bits per heavy atom. The van der Waals surface area contributed by atoms with E-state index in [-0.39, 0.29) is 0 Å². The molecule has 0 atom stereocenters. The maximum atomic E-state index is 10.1. The number of carbonyl (C=O) groups excluding carboxylic acids is 1. The number of aromatic nitrogens is 2. The molecule has 0 aromatic carbocycles. The van der Waals surface area contributed by atoms with Crippen LogP contribution in [0.15, 0.2) is 6.20 Å². The van der Waals surface area contributed by atoms with Crippen molar-refractivity contribution in [2.45, 2.75) is 26.2 Å². The van der Waals surface area contributed by atoms with Crippen molar-refractivity contribution in [1.82, 2.24) is 9.78 Å². The molecular formula is C9H14N2O. The summed E-state index contributed by atoms with van der Waals surface area (Å²) in [5.41, 5.74) is 2.44. The highest BCUT2D eigenvalue weighted by Gasteiger charge is 2.02. The highest BCUT2D eigenvalue weighted by Crippen LogP contribution is 2.08. The lowest BCUT2D eigenvalue weighted by Gasteiger charge is -2.00. The van der Waals surface area contributed by atoms with Gasteiger partial charge in [-0.05, 0) is 25.3 Å². The molecule has 0 unspecified atom stereocenters. The number of hydrogen-bond acceptors (Lipinski definition) is 2. The van der Waals surface area contributed by atoms with Crippen LogP contribution < -0.4 is 0 Å². The van der Waals surface area contributed by atoms with Crippen LogP contribution in [0.1, 0.15) is 24.1 Å². The fourth-order valence-corrected chi connectivity index (χ4v) is 1.28. The van der Waals surface area contributed by atoms with Crippen molar-refractivity contribution in [1.29, 1.82) is 0 Å². The molecule has 12 heavy (non-hydrogen) atoms. The minimum atomic E-state index is 0.643. The molecule has 0 aliphatic rings. The van der Waals surface area contributed by atoms with Crippen LogP contribution in [0, 0.1) is 6.92 Å². The molecule has 0 radical (unpaired) electrons. The lowest BCUT2D eigenvalue weighted by molar-refractivity contribution is -0.107. The van der Waals surface area contributed by atoms with E-state index in [4.69, 9.17) is 0 Å². The Hall–Kier alpha value is -1.12. The molecule has 1 rings (SSSR count). The van der Waals surface area contributed by atoms with Gasteiger partial charge in [-0.15, -0.1) is 0 Å². The van der Waals surface area contributed by atoms with Crippen LogP contribution in [0.25, 0.3) is 0 Å². The first kappa shape index (κ1) is 8.97. The Balaban J connectivity index is 2.55. The van der Waals surface area contributed by atoms with E-state index in [0.717, 1.165) is 19.1 Å². The number of unbranched alkanes of at least 4 members (excludes halogenated alkanes) is 1. The molecule has 0 aliphatic carbocycles. The van der Waals surface area contributed by atoms with Gasteiger partial charge in [0.15, 0.2) is 0 Å². The summed E-state index contributed by atoms with van der Waals surface area (Å²) in [6.45, 7) is 2.04. The molecule has 0 saturated heterocycles. The van der Waals surface area contributed by atoms with E-state index in [2.05, 4.69) is 5.10 Å². The highest BCUT2D eigenvalue weighted by atomic mass is 16.1. The van der Waals surface area contributed by atoms with E-state index in [9.17, 15) is 4.79 Å². The van der Waals surface area contributed by atoms with E-state index in [1.54, 1.807) is 0 Å². The van der Waals surface area contributed by atoms with Gasteiger partial charge in [-0.1, -0.05) is 0 Å². The predicted octanol–water partition coefficient (Wildman–Crippen LogP) is 1.25. The molecule has 1 aromatic heterocycles. The molecule has 0 fully saturated rings. The number of rotatable bonds is 4. The average molecular weight is 166 g/mol. The molecule has 0 spiro atoms. The molecule has 66 valence electrons. The normalized spacial score (nSPS) is 10.2. The fraction of sp³-hybridized carbons (Fsp3) is 0.556. The van der Waals surface area contributed by atoms with Crippen molar-refractivity contribution in [3.05, 3.63) is 17.5 Å². The zero-order valence-electron chi connectivity index (χ0n) is 7.58.